The quantitative estimate of drug-likeness (QED) is 0.691. The van der Waals surface area contributed by atoms with Crippen LogP contribution in [0.5, 0.6) is 0 Å². The molecule has 1 aromatic heterocycles. The number of pyridine rings is 1. The number of nitrogens with zero attached hydrogens (tertiary/aromatic N) is 1. The summed E-state index contributed by atoms with van der Waals surface area (Å²) in [4.78, 5) is 4.25. The Morgan fingerprint density at radius 1 is 1.55 bits per heavy atom. The molecule has 0 aromatic carbocycles. The summed E-state index contributed by atoms with van der Waals surface area (Å²) in [6, 6.07) is 5.84. The summed E-state index contributed by atoms with van der Waals surface area (Å²) in [5, 5.41) is 9.06. The Labute approximate surface area is 66.9 Å². The van der Waals surface area contributed by atoms with Gasteiger partial charge in [-0.2, -0.15) is 0 Å². The Morgan fingerprint density at radius 2 is 2.27 bits per heavy atom. The number of hydrogen-bond acceptors (Lipinski definition) is 2. The molecule has 0 saturated carbocycles. The van der Waals surface area contributed by atoms with Gasteiger partial charge in [0.25, 0.3) is 0 Å². The molecule has 0 saturated heterocycles. The fourth-order valence-electron chi connectivity index (χ4n) is 1.02. The van der Waals surface area contributed by atoms with Gasteiger partial charge in [0, 0.05) is 17.8 Å². The van der Waals surface area contributed by atoms with E-state index in [1.165, 1.54) is 0 Å². The van der Waals surface area contributed by atoms with Crippen LogP contribution >= 0.6 is 0 Å². The molecule has 1 heterocycles. The van der Waals surface area contributed by atoms with E-state index in [4.69, 9.17) is 5.11 Å². The molecule has 1 rings (SSSR count). The van der Waals surface area contributed by atoms with Crippen molar-refractivity contribution in [1.29, 1.82) is 0 Å². The van der Waals surface area contributed by atoms with E-state index in [0.29, 0.717) is 6.42 Å². The highest BCUT2D eigenvalue weighted by Crippen LogP contribution is 2.01. The highest BCUT2D eigenvalue weighted by atomic mass is 16.3. The van der Waals surface area contributed by atoms with E-state index in [9.17, 15) is 0 Å². The molecule has 0 spiro atoms. The van der Waals surface area contributed by atoms with Crippen molar-refractivity contribution in [2.75, 3.05) is 0 Å². The minimum atomic E-state index is -0.302. The van der Waals surface area contributed by atoms with Gasteiger partial charge in [0.05, 0.1) is 6.10 Å². The number of aromatic nitrogens is 1. The first-order valence-corrected chi connectivity index (χ1v) is 3.79. The van der Waals surface area contributed by atoms with Crippen molar-refractivity contribution < 1.29 is 5.11 Å². The Balaban J connectivity index is 2.71. The maximum absolute atomic E-state index is 9.06. The molecule has 60 valence electrons. The van der Waals surface area contributed by atoms with Crippen LogP contribution < -0.4 is 0 Å². The van der Waals surface area contributed by atoms with Gasteiger partial charge in [-0.15, -0.1) is 0 Å². The predicted molar refractivity (Wildman–Crippen MR) is 44.4 cm³/mol. The molecule has 2 heteroatoms. The SMILES string of the molecule is Cc1cccc(C[C@@H](C)O)n1. The first-order chi connectivity index (χ1) is 5.18. The van der Waals surface area contributed by atoms with Gasteiger partial charge < -0.3 is 5.11 Å². The van der Waals surface area contributed by atoms with E-state index in [-0.39, 0.29) is 6.10 Å². The summed E-state index contributed by atoms with van der Waals surface area (Å²) >= 11 is 0. The minimum absolute atomic E-state index is 0.302. The van der Waals surface area contributed by atoms with Gasteiger partial charge in [-0.05, 0) is 26.0 Å². The molecule has 1 atom stereocenters. The van der Waals surface area contributed by atoms with Gasteiger partial charge in [0.2, 0.25) is 0 Å². The first kappa shape index (κ1) is 8.21. The first-order valence-electron chi connectivity index (χ1n) is 3.79. The molecule has 1 aromatic rings. The van der Waals surface area contributed by atoms with E-state index in [1.807, 2.05) is 25.1 Å². The summed E-state index contributed by atoms with van der Waals surface area (Å²) in [5.74, 6) is 0. The zero-order chi connectivity index (χ0) is 8.27. The fraction of sp³-hybridized carbons (Fsp3) is 0.444. The second-order valence-corrected chi connectivity index (χ2v) is 2.82. The summed E-state index contributed by atoms with van der Waals surface area (Å²) in [6.45, 7) is 3.72. The Kier molecular flexibility index (Phi) is 2.60. The molecule has 0 unspecified atom stereocenters. The maximum Gasteiger partial charge on any atom is 0.0567 e. The Bertz CT molecular complexity index is 233. The highest BCUT2D eigenvalue weighted by molar-refractivity contribution is 5.10. The smallest absolute Gasteiger partial charge is 0.0567 e. The van der Waals surface area contributed by atoms with Gasteiger partial charge in [-0.25, -0.2) is 0 Å². The van der Waals surface area contributed by atoms with Crippen LogP contribution in [0.15, 0.2) is 18.2 Å². The zero-order valence-electron chi connectivity index (χ0n) is 6.91. The fourth-order valence-corrected chi connectivity index (χ4v) is 1.02. The van der Waals surface area contributed by atoms with Crippen LogP contribution in [0, 0.1) is 6.92 Å². The van der Waals surface area contributed by atoms with Crippen LogP contribution in [-0.2, 0) is 6.42 Å². The van der Waals surface area contributed by atoms with Crippen LogP contribution in [0.3, 0.4) is 0 Å². The van der Waals surface area contributed by atoms with Crippen molar-refractivity contribution >= 4 is 0 Å². The van der Waals surface area contributed by atoms with Gasteiger partial charge >= 0.3 is 0 Å². The number of aryl methyl sites for hydroxylation is 1. The second-order valence-electron chi connectivity index (χ2n) is 2.82. The number of aliphatic hydroxyl groups is 1. The average molecular weight is 151 g/mol. The van der Waals surface area contributed by atoms with Crippen LogP contribution in [0.2, 0.25) is 0 Å². The third-order valence-corrected chi connectivity index (χ3v) is 1.45. The van der Waals surface area contributed by atoms with Crippen molar-refractivity contribution in [3.63, 3.8) is 0 Å². The topological polar surface area (TPSA) is 33.1 Å². The third kappa shape index (κ3) is 2.68. The lowest BCUT2D eigenvalue weighted by Gasteiger charge is -2.03. The molecule has 0 bridgehead atoms. The molecule has 0 aliphatic heterocycles. The molecular weight excluding hydrogens is 138 g/mol. The summed E-state index contributed by atoms with van der Waals surface area (Å²) < 4.78 is 0. The summed E-state index contributed by atoms with van der Waals surface area (Å²) in [6.07, 6.45) is 0.339. The molecule has 2 nitrogen and oxygen atoms in total. The highest BCUT2D eigenvalue weighted by Gasteiger charge is 1.98. The van der Waals surface area contributed by atoms with Gasteiger partial charge in [0.15, 0.2) is 0 Å². The molecular formula is C9H13NO. The van der Waals surface area contributed by atoms with E-state index in [0.717, 1.165) is 11.4 Å². The van der Waals surface area contributed by atoms with Crippen molar-refractivity contribution in [3.05, 3.63) is 29.6 Å². The van der Waals surface area contributed by atoms with Gasteiger partial charge in [0.1, 0.15) is 0 Å². The molecule has 1 N–H and O–H groups in total. The zero-order valence-corrected chi connectivity index (χ0v) is 6.91. The number of hydrogen-bond donors (Lipinski definition) is 1. The molecule has 0 radical (unpaired) electrons. The van der Waals surface area contributed by atoms with Crippen molar-refractivity contribution in [1.82, 2.24) is 4.98 Å². The molecule has 0 aliphatic rings. The third-order valence-electron chi connectivity index (χ3n) is 1.45. The van der Waals surface area contributed by atoms with Crippen molar-refractivity contribution in [2.45, 2.75) is 26.4 Å². The van der Waals surface area contributed by atoms with E-state index >= 15 is 0 Å². The summed E-state index contributed by atoms with van der Waals surface area (Å²) in [7, 11) is 0. The van der Waals surface area contributed by atoms with E-state index < -0.39 is 0 Å². The lowest BCUT2D eigenvalue weighted by atomic mass is 10.2. The maximum atomic E-state index is 9.06. The normalized spacial score (nSPS) is 13.0. The molecule has 0 fully saturated rings. The van der Waals surface area contributed by atoms with Crippen LogP contribution in [-0.4, -0.2) is 16.2 Å². The second kappa shape index (κ2) is 3.49. The molecule has 0 amide bonds. The van der Waals surface area contributed by atoms with Gasteiger partial charge in [-0.3, -0.25) is 4.98 Å². The van der Waals surface area contributed by atoms with Crippen molar-refractivity contribution in [2.24, 2.45) is 0 Å². The lowest BCUT2D eigenvalue weighted by molar-refractivity contribution is 0.194. The molecule has 0 aliphatic carbocycles. The molecule has 11 heavy (non-hydrogen) atoms. The van der Waals surface area contributed by atoms with E-state index in [2.05, 4.69) is 4.98 Å². The van der Waals surface area contributed by atoms with Crippen LogP contribution in [0.25, 0.3) is 0 Å². The summed E-state index contributed by atoms with van der Waals surface area (Å²) in [5.41, 5.74) is 1.96. The van der Waals surface area contributed by atoms with Crippen molar-refractivity contribution in [3.8, 4) is 0 Å². The minimum Gasteiger partial charge on any atom is -0.393 e. The standard InChI is InChI=1S/C9H13NO/c1-7-4-3-5-9(10-7)6-8(2)11/h3-5,8,11H,6H2,1-2H3/t8-/m1/s1. The van der Waals surface area contributed by atoms with E-state index in [1.54, 1.807) is 6.92 Å². The number of aliphatic hydroxyl groups excluding tert-OH is 1. The average Bonchev–Trinajstić information content (AvgIpc) is 1.85. The van der Waals surface area contributed by atoms with Crippen LogP contribution in [0.1, 0.15) is 18.3 Å². The van der Waals surface area contributed by atoms with Crippen LogP contribution in [0.4, 0.5) is 0 Å². The number of rotatable bonds is 2. The Morgan fingerprint density at radius 3 is 2.82 bits per heavy atom. The Hall–Kier alpha value is -0.890. The largest absolute Gasteiger partial charge is 0.393 e. The van der Waals surface area contributed by atoms with Gasteiger partial charge in [-0.1, -0.05) is 6.07 Å². The predicted octanol–water partition coefficient (Wildman–Crippen LogP) is 1.31. The lowest BCUT2D eigenvalue weighted by Crippen LogP contribution is -2.05. The monoisotopic (exact) mass is 151 g/mol.